The van der Waals surface area contributed by atoms with Crippen molar-refractivity contribution in [1.82, 2.24) is 25.1 Å². The highest BCUT2D eigenvalue weighted by molar-refractivity contribution is 6.01. The van der Waals surface area contributed by atoms with Crippen LogP contribution in [0, 0.1) is 5.82 Å². The molecule has 0 aliphatic rings. The normalized spacial score (nSPS) is 11.3. The first kappa shape index (κ1) is 21.8. The Hall–Kier alpha value is -4.72. The zero-order valence-corrected chi connectivity index (χ0v) is 20.0. The summed E-state index contributed by atoms with van der Waals surface area (Å²) in [6, 6.07) is 16.8. The fraction of sp³-hybridized carbons (Fsp3) is 0.107. The highest BCUT2D eigenvalue weighted by Gasteiger charge is 2.16. The van der Waals surface area contributed by atoms with E-state index in [-0.39, 0.29) is 5.82 Å². The van der Waals surface area contributed by atoms with Gasteiger partial charge in [-0.3, -0.25) is 15.1 Å². The Morgan fingerprint density at radius 1 is 0.889 bits per heavy atom. The summed E-state index contributed by atoms with van der Waals surface area (Å²) in [4.78, 5) is 14.5. The molecular formula is C28H23FN6O. The summed E-state index contributed by atoms with van der Waals surface area (Å²) < 4.78 is 19.5. The van der Waals surface area contributed by atoms with Crippen molar-refractivity contribution in [2.75, 3.05) is 26.1 Å². The molecule has 2 aromatic carbocycles. The molecule has 0 saturated carbocycles. The topological polar surface area (TPSA) is 82.7 Å². The van der Waals surface area contributed by atoms with Gasteiger partial charge in [-0.2, -0.15) is 5.10 Å². The second kappa shape index (κ2) is 8.49. The van der Waals surface area contributed by atoms with Gasteiger partial charge in [0, 0.05) is 48.2 Å². The molecule has 6 aromatic rings. The van der Waals surface area contributed by atoms with Gasteiger partial charge in [0.25, 0.3) is 0 Å². The van der Waals surface area contributed by atoms with Crippen molar-refractivity contribution in [3.05, 3.63) is 79.0 Å². The first-order chi connectivity index (χ1) is 17.5. The van der Waals surface area contributed by atoms with E-state index in [1.165, 1.54) is 19.2 Å². The third kappa shape index (κ3) is 3.73. The summed E-state index contributed by atoms with van der Waals surface area (Å²) in [6.45, 7) is 0. The minimum absolute atomic E-state index is 0.344. The molecule has 0 saturated heterocycles. The van der Waals surface area contributed by atoms with Gasteiger partial charge in [0.15, 0.2) is 0 Å². The van der Waals surface area contributed by atoms with E-state index in [9.17, 15) is 4.39 Å². The average molecular weight is 479 g/mol. The second-order valence-corrected chi connectivity index (χ2v) is 8.84. The van der Waals surface area contributed by atoms with E-state index in [0.717, 1.165) is 61.3 Å². The number of halogens is 1. The minimum atomic E-state index is -0.344. The van der Waals surface area contributed by atoms with Gasteiger partial charge < -0.3 is 14.6 Å². The summed E-state index contributed by atoms with van der Waals surface area (Å²) in [6.07, 6.45) is 5.42. The smallest absolute Gasteiger partial charge is 0.127 e. The maximum absolute atomic E-state index is 14.2. The van der Waals surface area contributed by atoms with Crippen molar-refractivity contribution < 1.29 is 9.13 Å². The van der Waals surface area contributed by atoms with Gasteiger partial charge in [0.1, 0.15) is 17.3 Å². The summed E-state index contributed by atoms with van der Waals surface area (Å²) in [5, 5.41) is 9.58. The molecule has 0 atom stereocenters. The standard InChI is InChI=1S/C28H23FN6O/c1-35(2)19-8-17(13-30-14-19)25-12-23-27(15-31-25)33-34-28(23)26-11-22-21(5-4-6-24(22)32-26)16-7-18(29)10-20(9-16)36-3/h4-15,32H,1-3H3,(H,33,34). The predicted octanol–water partition coefficient (Wildman–Crippen LogP) is 6.05. The molecule has 7 nitrogen and oxygen atoms in total. The molecule has 0 aliphatic carbocycles. The van der Waals surface area contributed by atoms with Gasteiger partial charge in [0.05, 0.1) is 42.1 Å². The first-order valence-electron chi connectivity index (χ1n) is 11.4. The molecule has 0 spiro atoms. The summed E-state index contributed by atoms with van der Waals surface area (Å²) >= 11 is 0. The third-order valence-corrected chi connectivity index (χ3v) is 6.32. The van der Waals surface area contributed by atoms with E-state index < -0.39 is 0 Å². The highest BCUT2D eigenvalue weighted by atomic mass is 19.1. The SMILES string of the molecule is COc1cc(F)cc(-c2cccc3[nH]c(-c4n[nH]c5cnc(-c6cncc(N(C)C)c6)cc45)cc23)c1. The van der Waals surface area contributed by atoms with Crippen LogP contribution in [0.3, 0.4) is 0 Å². The summed E-state index contributed by atoms with van der Waals surface area (Å²) in [5.74, 6) is 0.132. The molecule has 2 N–H and O–H groups in total. The Labute approximate surface area is 206 Å². The van der Waals surface area contributed by atoms with Crippen LogP contribution in [0.5, 0.6) is 5.75 Å². The van der Waals surface area contributed by atoms with Gasteiger partial charge >= 0.3 is 0 Å². The van der Waals surface area contributed by atoms with Crippen molar-refractivity contribution in [1.29, 1.82) is 0 Å². The van der Waals surface area contributed by atoms with E-state index in [0.29, 0.717) is 5.75 Å². The lowest BCUT2D eigenvalue weighted by Crippen LogP contribution is -2.08. The van der Waals surface area contributed by atoms with Gasteiger partial charge in [0.2, 0.25) is 0 Å². The largest absolute Gasteiger partial charge is 0.497 e. The molecule has 4 aromatic heterocycles. The molecule has 178 valence electrons. The van der Waals surface area contributed by atoms with Crippen LogP contribution in [0.2, 0.25) is 0 Å². The summed E-state index contributed by atoms with van der Waals surface area (Å²) in [7, 11) is 5.50. The van der Waals surface area contributed by atoms with Crippen LogP contribution in [0.1, 0.15) is 0 Å². The highest BCUT2D eigenvalue weighted by Crippen LogP contribution is 2.36. The van der Waals surface area contributed by atoms with Crippen LogP contribution in [0.25, 0.3) is 55.6 Å². The number of ether oxygens (including phenoxy) is 1. The van der Waals surface area contributed by atoms with E-state index in [1.807, 2.05) is 67.8 Å². The molecule has 36 heavy (non-hydrogen) atoms. The maximum atomic E-state index is 14.2. The number of nitrogens with zero attached hydrogens (tertiary/aromatic N) is 4. The Balaban J connectivity index is 1.47. The molecule has 0 unspecified atom stereocenters. The van der Waals surface area contributed by atoms with Gasteiger partial charge in [-0.05, 0) is 47.5 Å². The number of methoxy groups -OCH3 is 1. The number of rotatable bonds is 5. The van der Waals surface area contributed by atoms with Crippen molar-refractivity contribution in [3.8, 4) is 39.5 Å². The van der Waals surface area contributed by atoms with Crippen LogP contribution in [-0.4, -0.2) is 46.4 Å². The Morgan fingerprint density at radius 3 is 2.61 bits per heavy atom. The van der Waals surface area contributed by atoms with Crippen LogP contribution >= 0.6 is 0 Å². The van der Waals surface area contributed by atoms with Crippen molar-refractivity contribution in [2.45, 2.75) is 0 Å². The number of aromatic amines is 2. The van der Waals surface area contributed by atoms with Crippen LogP contribution in [0.4, 0.5) is 10.1 Å². The lowest BCUT2D eigenvalue weighted by Gasteiger charge is -2.12. The molecule has 0 fully saturated rings. The number of hydrogen-bond acceptors (Lipinski definition) is 5. The number of hydrogen-bond donors (Lipinski definition) is 2. The van der Waals surface area contributed by atoms with Gasteiger partial charge in [-0.15, -0.1) is 0 Å². The third-order valence-electron chi connectivity index (χ3n) is 6.32. The van der Waals surface area contributed by atoms with Crippen LogP contribution in [-0.2, 0) is 0 Å². The lowest BCUT2D eigenvalue weighted by atomic mass is 10.0. The number of H-pyrrole nitrogens is 2. The summed E-state index contributed by atoms with van der Waals surface area (Å²) in [5.41, 5.74) is 7.78. The van der Waals surface area contributed by atoms with Gasteiger partial charge in [-0.25, -0.2) is 4.39 Å². The molecule has 6 rings (SSSR count). The Bertz CT molecular complexity index is 1740. The molecule has 0 radical (unpaired) electrons. The van der Waals surface area contributed by atoms with Crippen molar-refractivity contribution in [3.63, 3.8) is 0 Å². The number of aromatic nitrogens is 5. The average Bonchev–Trinajstić information content (AvgIpc) is 3.51. The number of pyridine rings is 2. The quantitative estimate of drug-likeness (QED) is 0.315. The maximum Gasteiger partial charge on any atom is 0.127 e. The van der Waals surface area contributed by atoms with Crippen LogP contribution in [0.15, 0.2) is 73.2 Å². The lowest BCUT2D eigenvalue weighted by molar-refractivity contribution is 0.411. The fourth-order valence-corrected chi connectivity index (χ4v) is 4.46. The van der Waals surface area contributed by atoms with E-state index in [1.54, 1.807) is 6.20 Å². The van der Waals surface area contributed by atoms with E-state index in [2.05, 4.69) is 31.2 Å². The number of benzene rings is 2. The molecule has 0 bridgehead atoms. The number of nitrogens with one attached hydrogen (secondary N) is 2. The monoisotopic (exact) mass is 478 g/mol. The van der Waals surface area contributed by atoms with Gasteiger partial charge in [-0.1, -0.05) is 12.1 Å². The molecular weight excluding hydrogens is 455 g/mol. The molecule has 0 amide bonds. The number of anilines is 1. The number of fused-ring (bicyclic) bond motifs is 2. The predicted molar refractivity (Wildman–Crippen MR) is 141 cm³/mol. The zero-order valence-electron chi connectivity index (χ0n) is 20.0. The zero-order chi connectivity index (χ0) is 24.8. The Morgan fingerprint density at radius 2 is 1.78 bits per heavy atom. The van der Waals surface area contributed by atoms with Crippen LogP contribution < -0.4 is 9.64 Å². The molecule has 0 aliphatic heterocycles. The Kier molecular flexibility index (Phi) is 5.14. The second-order valence-electron chi connectivity index (χ2n) is 8.84. The van der Waals surface area contributed by atoms with Crippen molar-refractivity contribution >= 4 is 27.5 Å². The first-order valence-corrected chi connectivity index (χ1v) is 11.4. The van der Waals surface area contributed by atoms with Crippen molar-refractivity contribution in [2.24, 2.45) is 0 Å². The molecule has 8 heteroatoms. The fourth-order valence-electron chi connectivity index (χ4n) is 4.46. The minimum Gasteiger partial charge on any atom is -0.497 e. The molecule has 4 heterocycles. The van der Waals surface area contributed by atoms with E-state index >= 15 is 0 Å². The van der Waals surface area contributed by atoms with E-state index in [4.69, 9.17) is 4.74 Å².